The second kappa shape index (κ2) is 3.94. The van der Waals surface area contributed by atoms with Gasteiger partial charge in [0, 0.05) is 16.7 Å². The molecular formula is C13H10N2OS. The Kier molecular flexibility index (Phi) is 2.41. The van der Waals surface area contributed by atoms with E-state index in [4.69, 9.17) is 5.26 Å². The number of nitrogens with one attached hydrogen (secondary N) is 1. The van der Waals surface area contributed by atoms with Gasteiger partial charge >= 0.3 is 0 Å². The van der Waals surface area contributed by atoms with Gasteiger partial charge < -0.3 is 4.98 Å². The molecule has 0 radical (unpaired) electrons. The third-order valence-electron chi connectivity index (χ3n) is 3.13. The first-order valence-corrected chi connectivity index (χ1v) is 6.61. The fourth-order valence-electron chi connectivity index (χ4n) is 2.31. The molecule has 0 bridgehead atoms. The zero-order chi connectivity index (χ0) is 11.8. The van der Waals surface area contributed by atoms with Gasteiger partial charge in [0.25, 0.3) is 5.56 Å². The van der Waals surface area contributed by atoms with Gasteiger partial charge in [-0.05, 0) is 23.8 Å². The molecule has 3 rings (SSSR count). The highest BCUT2D eigenvalue weighted by atomic mass is 32.2. The number of nitrogens with zero attached hydrogens (tertiary/aromatic N) is 1. The van der Waals surface area contributed by atoms with Crippen LogP contribution in [0.5, 0.6) is 0 Å². The molecule has 4 heteroatoms. The monoisotopic (exact) mass is 242 g/mol. The first-order valence-electron chi connectivity index (χ1n) is 5.46. The fourth-order valence-corrected chi connectivity index (χ4v) is 3.31. The molecule has 0 unspecified atom stereocenters. The summed E-state index contributed by atoms with van der Waals surface area (Å²) in [5, 5.41) is 10.1. The molecule has 0 amide bonds. The quantitative estimate of drug-likeness (QED) is 0.770. The molecule has 0 saturated heterocycles. The second-order valence-corrected chi connectivity index (χ2v) is 5.16. The smallest absolute Gasteiger partial charge is 0.252 e. The van der Waals surface area contributed by atoms with E-state index in [9.17, 15) is 4.79 Å². The number of rotatable bonds is 0. The third kappa shape index (κ3) is 1.55. The lowest BCUT2D eigenvalue weighted by atomic mass is 9.99. The number of para-hydroxylation sites is 1. The van der Waals surface area contributed by atoms with Crippen molar-refractivity contribution in [2.45, 2.75) is 12.2 Å². The van der Waals surface area contributed by atoms with E-state index in [0.29, 0.717) is 11.1 Å². The summed E-state index contributed by atoms with van der Waals surface area (Å²) in [6.07, 6.45) is 0.912. The van der Waals surface area contributed by atoms with Crippen LogP contribution in [0.1, 0.15) is 16.7 Å². The molecule has 0 atom stereocenters. The Labute approximate surface area is 102 Å². The minimum absolute atomic E-state index is 0.0394. The van der Waals surface area contributed by atoms with Gasteiger partial charge in [0.2, 0.25) is 0 Å². The van der Waals surface area contributed by atoms with Gasteiger partial charge in [0.15, 0.2) is 0 Å². The number of thioether (sulfide) groups is 1. The van der Waals surface area contributed by atoms with Gasteiger partial charge in [-0.3, -0.25) is 4.79 Å². The Morgan fingerprint density at radius 3 is 3.06 bits per heavy atom. The number of aromatic amines is 1. The van der Waals surface area contributed by atoms with E-state index in [1.807, 2.05) is 12.1 Å². The van der Waals surface area contributed by atoms with Crippen molar-refractivity contribution < 1.29 is 0 Å². The lowest BCUT2D eigenvalue weighted by Crippen LogP contribution is -2.19. The van der Waals surface area contributed by atoms with E-state index in [1.165, 1.54) is 0 Å². The summed E-state index contributed by atoms with van der Waals surface area (Å²) < 4.78 is 0. The van der Waals surface area contributed by atoms with Crippen molar-refractivity contribution >= 4 is 22.7 Å². The van der Waals surface area contributed by atoms with Crippen molar-refractivity contribution in [2.24, 2.45) is 0 Å². The van der Waals surface area contributed by atoms with Gasteiger partial charge in [-0.2, -0.15) is 17.0 Å². The Morgan fingerprint density at radius 1 is 1.35 bits per heavy atom. The fraction of sp³-hybridized carbons (Fsp3) is 0.231. The van der Waals surface area contributed by atoms with Gasteiger partial charge in [0.1, 0.15) is 6.07 Å². The van der Waals surface area contributed by atoms with Crippen LogP contribution >= 0.6 is 11.8 Å². The normalized spacial score (nSPS) is 14.3. The van der Waals surface area contributed by atoms with Crippen LogP contribution in [-0.4, -0.2) is 10.7 Å². The van der Waals surface area contributed by atoms with Crippen LogP contribution in [0.15, 0.2) is 23.0 Å². The molecule has 0 spiro atoms. The molecule has 17 heavy (non-hydrogen) atoms. The molecule has 0 aliphatic carbocycles. The lowest BCUT2D eigenvalue weighted by Gasteiger charge is -2.16. The zero-order valence-corrected chi connectivity index (χ0v) is 9.93. The van der Waals surface area contributed by atoms with Crippen molar-refractivity contribution in [2.75, 3.05) is 5.75 Å². The van der Waals surface area contributed by atoms with E-state index in [-0.39, 0.29) is 5.56 Å². The molecule has 1 aromatic heterocycles. The van der Waals surface area contributed by atoms with Gasteiger partial charge in [0.05, 0.1) is 11.1 Å². The summed E-state index contributed by atoms with van der Waals surface area (Å²) in [5.41, 5.74) is 3.19. The Bertz CT molecular complexity index is 697. The Balaban J connectivity index is 2.47. The highest BCUT2D eigenvalue weighted by Gasteiger charge is 2.17. The van der Waals surface area contributed by atoms with Crippen LogP contribution in [0.3, 0.4) is 0 Å². The van der Waals surface area contributed by atoms with E-state index < -0.39 is 0 Å². The Morgan fingerprint density at radius 2 is 2.24 bits per heavy atom. The summed E-state index contributed by atoms with van der Waals surface area (Å²) in [4.78, 5) is 14.8. The first kappa shape index (κ1) is 10.4. The van der Waals surface area contributed by atoms with E-state index in [0.717, 1.165) is 34.4 Å². The number of hydrogen-bond donors (Lipinski definition) is 1. The van der Waals surface area contributed by atoms with Crippen LogP contribution in [-0.2, 0) is 12.2 Å². The van der Waals surface area contributed by atoms with Crippen LogP contribution in [0.2, 0.25) is 0 Å². The van der Waals surface area contributed by atoms with Crippen LogP contribution < -0.4 is 5.56 Å². The SMILES string of the molecule is N#Cc1cccc2c3c(c(=O)[nH]c12)CSCC3. The highest BCUT2D eigenvalue weighted by molar-refractivity contribution is 7.98. The van der Waals surface area contributed by atoms with E-state index >= 15 is 0 Å². The van der Waals surface area contributed by atoms with Crippen molar-refractivity contribution in [1.82, 2.24) is 4.98 Å². The molecule has 1 aromatic carbocycles. The second-order valence-electron chi connectivity index (χ2n) is 4.05. The number of nitriles is 1. The molecule has 1 aliphatic rings. The largest absolute Gasteiger partial charge is 0.321 e. The molecule has 2 heterocycles. The number of pyridine rings is 1. The molecule has 2 aromatic rings. The predicted molar refractivity (Wildman–Crippen MR) is 69.1 cm³/mol. The van der Waals surface area contributed by atoms with Crippen molar-refractivity contribution in [1.29, 1.82) is 5.26 Å². The maximum atomic E-state index is 12.0. The minimum atomic E-state index is -0.0394. The van der Waals surface area contributed by atoms with Crippen molar-refractivity contribution in [3.05, 3.63) is 45.2 Å². The van der Waals surface area contributed by atoms with E-state index in [2.05, 4.69) is 11.1 Å². The molecule has 1 aliphatic heterocycles. The number of fused-ring (bicyclic) bond motifs is 3. The molecular weight excluding hydrogens is 232 g/mol. The highest BCUT2D eigenvalue weighted by Crippen LogP contribution is 2.28. The average molecular weight is 242 g/mol. The summed E-state index contributed by atoms with van der Waals surface area (Å²) in [7, 11) is 0. The molecule has 3 nitrogen and oxygen atoms in total. The summed E-state index contributed by atoms with van der Waals surface area (Å²) in [6.45, 7) is 0. The number of H-pyrrole nitrogens is 1. The van der Waals surface area contributed by atoms with Gasteiger partial charge in [-0.25, -0.2) is 0 Å². The maximum Gasteiger partial charge on any atom is 0.252 e. The summed E-state index contributed by atoms with van der Waals surface area (Å²) in [5.74, 6) is 1.82. The topological polar surface area (TPSA) is 56.6 Å². The van der Waals surface area contributed by atoms with Gasteiger partial charge in [-0.1, -0.05) is 12.1 Å². The molecule has 1 N–H and O–H groups in total. The minimum Gasteiger partial charge on any atom is -0.321 e. The average Bonchev–Trinajstić information content (AvgIpc) is 2.39. The third-order valence-corrected chi connectivity index (χ3v) is 4.12. The summed E-state index contributed by atoms with van der Waals surface area (Å²) in [6, 6.07) is 7.73. The molecule has 0 fully saturated rings. The van der Waals surface area contributed by atoms with E-state index in [1.54, 1.807) is 17.8 Å². The van der Waals surface area contributed by atoms with Crippen LogP contribution in [0.25, 0.3) is 10.9 Å². The van der Waals surface area contributed by atoms with Crippen LogP contribution in [0.4, 0.5) is 0 Å². The van der Waals surface area contributed by atoms with Crippen molar-refractivity contribution in [3.8, 4) is 6.07 Å². The zero-order valence-electron chi connectivity index (χ0n) is 9.12. The number of aryl methyl sites for hydroxylation is 1. The standard InChI is InChI=1S/C13H10N2OS/c14-6-8-2-1-3-10-9-4-5-17-7-11(9)13(16)15-12(8)10/h1-3H,4-5,7H2,(H,15,16). The predicted octanol–water partition coefficient (Wildman–Crippen LogP) is 2.19. The summed E-state index contributed by atoms with van der Waals surface area (Å²) >= 11 is 1.79. The number of hydrogen-bond acceptors (Lipinski definition) is 3. The molecule has 0 saturated carbocycles. The first-order chi connectivity index (χ1) is 8.31. The lowest BCUT2D eigenvalue weighted by molar-refractivity contribution is 1.06. The van der Waals surface area contributed by atoms with Crippen molar-refractivity contribution in [3.63, 3.8) is 0 Å². The maximum absolute atomic E-state index is 12.0. The molecule has 84 valence electrons. The van der Waals surface area contributed by atoms with Crippen LogP contribution in [0, 0.1) is 11.3 Å². The Hall–Kier alpha value is -1.73. The van der Waals surface area contributed by atoms with Gasteiger partial charge in [-0.15, -0.1) is 0 Å². The number of aromatic nitrogens is 1. The number of benzene rings is 1.